The van der Waals surface area contributed by atoms with E-state index < -0.39 is 6.04 Å². The average Bonchev–Trinajstić information content (AvgIpc) is 3.51. The summed E-state index contributed by atoms with van der Waals surface area (Å²) in [5.41, 5.74) is 0.914. The van der Waals surface area contributed by atoms with Gasteiger partial charge in [-0.3, -0.25) is 9.59 Å². The summed E-state index contributed by atoms with van der Waals surface area (Å²) in [7, 11) is 0. The fourth-order valence-corrected chi connectivity index (χ4v) is 3.82. The van der Waals surface area contributed by atoms with Gasteiger partial charge in [0.05, 0.1) is 12.5 Å². The normalized spacial score (nSPS) is 15.2. The van der Waals surface area contributed by atoms with E-state index in [4.69, 9.17) is 8.83 Å². The molecule has 2 heterocycles. The van der Waals surface area contributed by atoms with Gasteiger partial charge in [-0.2, -0.15) is 0 Å². The lowest BCUT2D eigenvalue weighted by atomic mass is 10.1. The summed E-state index contributed by atoms with van der Waals surface area (Å²) < 4.78 is 10.9. The van der Waals surface area contributed by atoms with Gasteiger partial charge in [0, 0.05) is 12.6 Å². The molecule has 1 N–H and O–H groups in total. The van der Waals surface area contributed by atoms with Crippen LogP contribution in [0.15, 0.2) is 76.0 Å². The number of benzene rings is 1. The SMILES string of the molecule is O=C(NC1CCCC1)C(c1ccco1)N(Cc1ccccc1)C(=O)c1ccco1. The lowest BCUT2D eigenvalue weighted by molar-refractivity contribution is -0.127. The van der Waals surface area contributed by atoms with Crippen molar-refractivity contribution in [3.05, 3.63) is 84.2 Å². The minimum Gasteiger partial charge on any atom is -0.467 e. The monoisotopic (exact) mass is 392 g/mol. The van der Waals surface area contributed by atoms with Gasteiger partial charge in [-0.15, -0.1) is 0 Å². The van der Waals surface area contributed by atoms with Crippen molar-refractivity contribution in [1.82, 2.24) is 10.2 Å². The van der Waals surface area contributed by atoms with Gasteiger partial charge in [0.2, 0.25) is 0 Å². The molecule has 0 saturated heterocycles. The van der Waals surface area contributed by atoms with Crippen LogP contribution in [-0.4, -0.2) is 22.8 Å². The second-order valence-corrected chi connectivity index (χ2v) is 7.30. The molecule has 0 bridgehead atoms. The van der Waals surface area contributed by atoms with E-state index in [9.17, 15) is 9.59 Å². The molecule has 1 aliphatic carbocycles. The van der Waals surface area contributed by atoms with Gasteiger partial charge in [-0.1, -0.05) is 43.2 Å². The Kier molecular flexibility index (Phi) is 5.79. The molecule has 6 nitrogen and oxygen atoms in total. The Morgan fingerprint density at radius 1 is 0.966 bits per heavy atom. The van der Waals surface area contributed by atoms with Crippen molar-refractivity contribution in [2.45, 2.75) is 44.3 Å². The zero-order chi connectivity index (χ0) is 20.1. The lowest BCUT2D eigenvalue weighted by Crippen LogP contribution is -2.45. The highest BCUT2D eigenvalue weighted by Gasteiger charge is 2.36. The Hall–Kier alpha value is -3.28. The highest BCUT2D eigenvalue weighted by molar-refractivity contribution is 5.95. The van der Waals surface area contributed by atoms with Crippen LogP contribution in [0.2, 0.25) is 0 Å². The fourth-order valence-electron chi connectivity index (χ4n) is 3.82. The maximum Gasteiger partial charge on any atom is 0.290 e. The van der Waals surface area contributed by atoms with E-state index in [0.29, 0.717) is 5.76 Å². The molecule has 0 radical (unpaired) electrons. The topological polar surface area (TPSA) is 75.7 Å². The van der Waals surface area contributed by atoms with E-state index in [1.165, 1.54) is 17.4 Å². The Morgan fingerprint density at radius 3 is 2.34 bits per heavy atom. The van der Waals surface area contributed by atoms with E-state index in [1.54, 1.807) is 24.3 Å². The second kappa shape index (κ2) is 8.82. The lowest BCUT2D eigenvalue weighted by Gasteiger charge is -2.30. The molecule has 2 amide bonds. The standard InChI is InChI=1S/C23H24N2O4/c26-22(24-18-10-4-5-11-18)21(19-12-6-14-28-19)25(16-17-8-2-1-3-9-17)23(27)20-13-7-15-29-20/h1-3,6-9,12-15,18,21H,4-5,10-11,16H2,(H,24,26). The fraction of sp³-hybridized carbons (Fsp3) is 0.304. The van der Waals surface area contributed by atoms with Gasteiger partial charge in [-0.25, -0.2) is 0 Å². The van der Waals surface area contributed by atoms with Crippen molar-refractivity contribution in [3.63, 3.8) is 0 Å². The number of furan rings is 2. The minimum atomic E-state index is -0.886. The van der Waals surface area contributed by atoms with Gasteiger partial charge < -0.3 is 19.1 Å². The highest BCUT2D eigenvalue weighted by Crippen LogP contribution is 2.28. The third-order valence-electron chi connectivity index (χ3n) is 5.26. The average molecular weight is 392 g/mol. The molecule has 4 rings (SSSR count). The zero-order valence-electron chi connectivity index (χ0n) is 16.1. The van der Waals surface area contributed by atoms with Crippen LogP contribution in [-0.2, 0) is 11.3 Å². The predicted molar refractivity (Wildman–Crippen MR) is 107 cm³/mol. The molecule has 6 heteroatoms. The smallest absolute Gasteiger partial charge is 0.290 e. The third kappa shape index (κ3) is 4.42. The van der Waals surface area contributed by atoms with E-state index in [-0.39, 0.29) is 30.2 Å². The van der Waals surface area contributed by atoms with Gasteiger partial charge in [0.1, 0.15) is 5.76 Å². The largest absolute Gasteiger partial charge is 0.467 e. The Morgan fingerprint density at radius 2 is 1.69 bits per heavy atom. The number of hydrogen-bond acceptors (Lipinski definition) is 4. The Bertz CT molecular complexity index is 913. The number of amides is 2. The summed E-state index contributed by atoms with van der Waals surface area (Å²) in [6.45, 7) is 0.254. The van der Waals surface area contributed by atoms with Gasteiger partial charge in [-0.05, 0) is 42.7 Å². The van der Waals surface area contributed by atoms with Gasteiger partial charge >= 0.3 is 0 Å². The first-order valence-electron chi connectivity index (χ1n) is 9.94. The summed E-state index contributed by atoms with van der Waals surface area (Å²) in [6, 6.07) is 15.6. The second-order valence-electron chi connectivity index (χ2n) is 7.30. The summed E-state index contributed by atoms with van der Waals surface area (Å²) >= 11 is 0. The van der Waals surface area contributed by atoms with Crippen molar-refractivity contribution in [2.75, 3.05) is 0 Å². The first kappa shape index (κ1) is 19.1. The van der Waals surface area contributed by atoms with E-state index >= 15 is 0 Å². The minimum absolute atomic E-state index is 0.136. The van der Waals surface area contributed by atoms with Crippen molar-refractivity contribution >= 4 is 11.8 Å². The van der Waals surface area contributed by atoms with Gasteiger partial charge in [0.15, 0.2) is 11.8 Å². The van der Waals surface area contributed by atoms with Crippen molar-refractivity contribution in [1.29, 1.82) is 0 Å². The Labute approximate surface area is 169 Å². The van der Waals surface area contributed by atoms with Crippen molar-refractivity contribution < 1.29 is 18.4 Å². The molecule has 1 fully saturated rings. The number of carbonyl (C=O) groups is 2. The quantitative estimate of drug-likeness (QED) is 0.650. The molecule has 1 saturated carbocycles. The molecule has 0 spiro atoms. The molecule has 150 valence electrons. The molecular formula is C23H24N2O4. The number of nitrogens with zero attached hydrogens (tertiary/aromatic N) is 1. The van der Waals surface area contributed by atoms with E-state index in [1.807, 2.05) is 30.3 Å². The molecule has 3 aromatic rings. The van der Waals surface area contributed by atoms with Crippen LogP contribution in [0.1, 0.15) is 53.6 Å². The predicted octanol–water partition coefficient (Wildman–Crippen LogP) is 4.32. The molecular weight excluding hydrogens is 368 g/mol. The molecule has 1 aromatic carbocycles. The zero-order valence-corrected chi connectivity index (χ0v) is 16.1. The van der Waals surface area contributed by atoms with Crippen molar-refractivity contribution in [2.24, 2.45) is 0 Å². The molecule has 29 heavy (non-hydrogen) atoms. The first-order chi connectivity index (χ1) is 14.2. The van der Waals surface area contributed by atoms with Crippen LogP contribution in [0.25, 0.3) is 0 Å². The number of hydrogen-bond donors (Lipinski definition) is 1. The summed E-state index contributed by atoms with van der Waals surface area (Å²) in [5, 5.41) is 3.11. The van der Waals surface area contributed by atoms with Crippen molar-refractivity contribution in [3.8, 4) is 0 Å². The molecule has 0 aliphatic heterocycles. The summed E-state index contributed by atoms with van der Waals surface area (Å²) in [5.74, 6) is 0.0204. The molecule has 1 atom stereocenters. The molecule has 1 aliphatic rings. The highest BCUT2D eigenvalue weighted by atomic mass is 16.3. The molecule has 1 unspecified atom stereocenters. The number of nitrogens with one attached hydrogen (secondary N) is 1. The van der Waals surface area contributed by atoms with Gasteiger partial charge in [0.25, 0.3) is 11.8 Å². The first-order valence-corrected chi connectivity index (χ1v) is 9.94. The van der Waals surface area contributed by atoms with E-state index in [2.05, 4.69) is 5.32 Å². The van der Waals surface area contributed by atoms with Crippen LogP contribution in [0.4, 0.5) is 0 Å². The number of carbonyl (C=O) groups excluding carboxylic acids is 2. The van der Waals surface area contributed by atoms with Crippen LogP contribution in [0.5, 0.6) is 0 Å². The molecule has 2 aromatic heterocycles. The maximum atomic E-state index is 13.3. The van der Waals surface area contributed by atoms with Crippen LogP contribution in [0.3, 0.4) is 0 Å². The maximum absolute atomic E-state index is 13.3. The van der Waals surface area contributed by atoms with E-state index in [0.717, 1.165) is 31.2 Å². The van der Waals surface area contributed by atoms with Crippen LogP contribution < -0.4 is 5.32 Å². The van der Waals surface area contributed by atoms with Crippen LogP contribution in [0, 0.1) is 0 Å². The summed E-state index contributed by atoms with van der Waals surface area (Å²) in [4.78, 5) is 28.1. The summed E-state index contributed by atoms with van der Waals surface area (Å²) in [6.07, 6.45) is 7.10. The number of rotatable bonds is 7. The third-order valence-corrected chi connectivity index (χ3v) is 5.26. The Balaban J connectivity index is 1.68. The van der Waals surface area contributed by atoms with Crippen LogP contribution >= 0.6 is 0 Å².